The van der Waals surface area contributed by atoms with Crippen molar-refractivity contribution in [1.29, 1.82) is 0 Å². The van der Waals surface area contributed by atoms with Crippen molar-refractivity contribution in [3.8, 4) is 0 Å². The monoisotopic (exact) mass is 436 g/mol. The van der Waals surface area contributed by atoms with Crippen molar-refractivity contribution in [3.63, 3.8) is 0 Å². The van der Waals surface area contributed by atoms with Crippen molar-refractivity contribution < 1.29 is 17.1 Å². The summed E-state index contributed by atoms with van der Waals surface area (Å²) < 4.78 is 0. The van der Waals surface area contributed by atoms with Gasteiger partial charge in [-0.05, 0) is 0 Å². The first-order valence-corrected chi connectivity index (χ1v) is 9.42. The molecule has 0 aromatic heterocycles. The van der Waals surface area contributed by atoms with Crippen LogP contribution in [0.1, 0.15) is 0 Å². The molecule has 0 bridgehead atoms. The third kappa shape index (κ3) is 12.7. The van der Waals surface area contributed by atoms with Gasteiger partial charge in [0.1, 0.15) is 0 Å². The Bertz CT molecular complexity index is 152. The summed E-state index contributed by atoms with van der Waals surface area (Å²) in [5.74, 6) is 0. The summed E-state index contributed by atoms with van der Waals surface area (Å²) in [6, 6.07) is 22.0. The van der Waals surface area contributed by atoms with Gasteiger partial charge in [0.2, 0.25) is 0 Å². The average molecular weight is 436 g/mol. The number of halogens is 2. The van der Waals surface area contributed by atoms with Gasteiger partial charge in [-0.2, -0.15) is 18.2 Å². The Morgan fingerprint density at radius 1 is 0.923 bits per heavy atom. The molecule has 2 aromatic carbocycles. The molecule has 0 atom stereocenters. The zero-order valence-electron chi connectivity index (χ0n) is 6.57. The van der Waals surface area contributed by atoms with Crippen LogP contribution in [0.4, 0.5) is 0 Å². The SMILES string of the molecule is II.[Fe+2].[c-]1[c-][c-][cH-][c-]1.c1cc[cH-]c1. The molecule has 0 heterocycles. The van der Waals surface area contributed by atoms with E-state index in [9.17, 15) is 0 Å². The van der Waals surface area contributed by atoms with Gasteiger partial charge in [-0.1, -0.05) is 0 Å². The van der Waals surface area contributed by atoms with Crippen LogP contribution in [0.2, 0.25) is 0 Å². The van der Waals surface area contributed by atoms with Gasteiger partial charge >= 0.3 is 17.1 Å². The summed E-state index contributed by atoms with van der Waals surface area (Å²) in [6.07, 6.45) is 0. The molecule has 72 valence electrons. The van der Waals surface area contributed by atoms with Gasteiger partial charge < -0.3 is 30.3 Å². The van der Waals surface area contributed by atoms with Crippen molar-refractivity contribution in [1.82, 2.24) is 0 Å². The zero-order valence-corrected chi connectivity index (χ0v) is 12.0. The maximum absolute atomic E-state index is 2.62. The van der Waals surface area contributed by atoms with E-state index in [1.54, 1.807) is 6.07 Å². The molecule has 0 nitrogen and oxygen atoms in total. The average Bonchev–Trinajstić information content (AvgIpc) is 2.87. The minimum absolute atomic E-state index is 0. The predicted octanol–water partition coefficient (Wildman–Crippen LogP) is 3.78. The fourth-order valence-corrected chi connectivity index (χ4v) is 0.501. The first-order valence-electron chi connectivity index (χ1n) is 3.14. The summed E-state index contributed by atoms with van der Waals surface area (Å²) >= 11 is 4.24. The van der Waals surface area contributed by atoms with E-state index in [4.69, 9.17) is 0 Å². The summed E-state index contributed by atoms with van der Waals surface area (Å²) in [6.45, 7) is 0. The van der Waals surface area contributed by atoms with Crippen molar-refractivity contribution in [3.05, 3.63) is 60.7 Å². The molecule has 0 fully saturated rings. The van der Waals surface area contributed by atoms with E-state index >= 15 is 0 Å². The van der Waals surface area contributed by atoms with Crippen LogP contribution in [-0.2, 0) is 17.1 Å². The van der Waals surface area contributed by atoms with Crippen LogP contribution in [0, 0.1) is 24.3 Å². The second-order valence-corrected chi connectivity index (χ2v) is 1.65. The molecule has 0 aliphatic heterocycles. The molecule has 13 heavy (non-hydrogen) atoms. The minimum Gasteiger partial charge on any atom is -0.999 e. The molecule has 0 saturated heterocycles. The van der Waals surface area contributed by atoms with Gasteiger partial charge in [-0.15, -0.1) is 0 Å². The summed E-state index contributed by atoms with van der Waals surface area (Å²) in [7, 11) is 0. The van der Waals surface area contributed by atoms with E-state index in [-0.39, 0.29) is 17.1 Å². The first kappa shape index (κ1) is 16.1. The van der Waals surface area contributed by atoms with Crippen molar-refractivity contribution in [2.45, 2.75) is 0 Å². The van der Waals surface area contributed by atoms with E-state index in [1.807, 2.05) is 30.3 Å². The molecule has 0 saturated carbocycles. The quantitative estimate of drug-likeness (QED) is 0.336. The second-order valence-electron chi connectivity index (χ2n) is 1.65. The van der Waals surface area contributed by atoms with E-state index in [2.05, 4.69) is 61.5 Å². The molecule has 0 N–H and O–H groups in total. The van der Waals surface area contributed by atoms with Crippen LogP contribution >= 0.6 is 37.2 Å². The van der Waals surface area contributed by atoms with E-state index < -0.39 is 0 Å². The molecule has 2 rings (SSSR count). The molecule has 3 heteroatoms. The van der Waals surface area contributed by atoms with Crippen molar-refractivity contribution in [2.24, 2.45) is 0 Å². The minimum atomic E-state index is 0. The number of hydrogen-bond acceptors (Lipinski definition) is 0. The maximum atomic E-state index is 2.62. The third-order valence-electron chi connectivity index (χ3n) is 0.907. The van der Waals surface area contributed by atoms with Crippen molar-refractivity contribution in [2.75, 3.05) is 0 Å². The van der Waals surface area contributed by atoms with Crippen LogP contribution in [0.5, 0.6) is 0 Å². The Morgan fingerprint density at radius 2 is 1.38 bits per heavy atom. The summed E-state index contributed by atoms with van der Waals surface area (Å²) in [5, 5.41) is 0. The first-order chi connectivity index (χ1) is 6.00. The normalized spacial score (nSPS) is 6.62. The van der Waals surface area contributed by atoms with Crippen molar-refractivity contribution >= 4 is 37.2 Å². The Kier molecular flexibility index (Phi) is 18.8. The van der Waals surface area contributed by atoms with Crippen LogP contribution in [0.15, 0.2) is 36.4 Å². The molecule has 0 aliphatic rings. The van der Waals surface area contributed by atoms with E-state index in [0.717, 1.165) is 0 Å². The smallest absolute Gasteiger partial charge is 0.999 e. The summed E-state index contributed by atoms with van der Waals surface area (Å²) in [4.78, 5) is 0. The molecular weight excluding hydrogens is 430 g/mol. The largest absolute Gasteiger partial charge is 2.00 e. The molecule has 0 amide bonds. The number of rotatable bonds is 0. The standard InChI is InChI=1S/C5H5.C5H.Fe.I2/c2*1-2-4-5-3-1;;1-2/h1-5H;1H;;/q-1;-5;+2;. The molecule has 0 spiro atoms. The van der Waals surface area contributed by atoms with Crippen LogP contribution in [0.25, 0.3) is 0 Å². The molecule has 0 radical (unpaired) electrons. The van der Waals surface area contributed by atoms with Gasteiger partial charge in [0.15, 0.2) is 0 Å². The maximum Gasteiger partial charge on any atom is 2.00 e. The van der Waals surface area contributed by atoms with E-state index in [1.165, 1.54) is 0 Å². The fourth-order valence-electron chi connectivity index (χ4n) is 0.501. The van der Waals surface area contributed by atoms with Gasteiger partial charge in [0.25, 0.3) is 0 Å². The van der Waals surface area contributed by atoms with Crippen LogP contribution < -0.4 is 0 Å². The third-order valence-corrected chi connectivity index (χ3v) is 0.907. The fraction of sp³-hybridized carbons (Fsp3) is 0. The predicted molar refractivity (Wildman–Crippen MR) is 67.5 cm³/mol. The van der Waals surface area contributed by atoms with Gasteiger partial charge in [-0.25, -0.2) is 12.1 Å². The van der Waals surface area contributed by atoms with E-state index in [0.29, 0.717) is 0 Å². The second kappa shape index (κ2) is 15.2. The van der Waals surface area contributed by atoms with Gasteiger partial charge in [-0.3, -0.25) is 0 Å². The van der Waals surface area contributed by atoms with Crippen LogP contribution in [-0.4, -0.2) is 0 Å². The Morgan fingerprint density at radius 3 is 1.54 bits per heavy atom. The van der Waals surface area contributed by atoms with Gasteiger partial charge in [0.05, 0.1) is 0 Å². The van der Waals surface area contributed by atoms with Gasteiger partial charge in [0, 0.05) is 37.2 Å². The summed E-state index contributed by atoms with van der Waals surface area (Å²) in [5.41, 5.74) is 0. The zero-order chi connectivity index (χ0) is 9.07. The number of hydrogen-bond donors (Lipinski definition) is 0. The Labute approximate surface area is 114 Å². The molecule has 0 aliphatic carbocycles. The molecule has 2 aromatic rings. The van der Waals surface area contributed by atoms with Crippen LogP contribution in [0.3, 0.4) is 0 Å². The molecule has 0 unspecified atom stereocenters. The Balaban J connectivity index is 0. The topological polar surface area (TPSA) is 0 Å². The molecular formula is C10H6FeI2-4. The Hall–Kier alpha value is 0.679.